The highest BCUT2D eigenvalue weighted by molar-refractivity contribution is 5.81. The van der Waals surface area contributed by atoms with Crippen molar-refractivity contribution in [2.24, 2.45) is 7.05 Å². The van der Waals surface area contributed by atoms with Crippen molar-refractivity contribution in [1.29, 1.82) is 0 Å². The molecule has 0 aliphatic carbocycles. The zero-order chi connectivity index (χ0) is 13.6. The van der Waals surface area contributed by atoms with Crippen molar-refractivity contribution in [3.05, 3.63) is 47.8 Å². The molecule has 0 spiro atoms. The summed E-state index contributed by atoms with van der Waals surface area (Å²) in [6.45, 7) is 1.96. The van der Waals surface area contributed by atoms with Crippen LogP contribution in [-0.4, -0.2) is 9.55 Å². The molecule has 0 saturated heterocycles. The number of hydrogen-bond acceptors (Lipinski definition) is 2. The molecule has 19 heavy (non-hydrogen) atoms. The highest BCUT2D eigenvalue weighted by atomic mass is 19.1. The summed E-state index contributed by atoms with van der Waals surface area (Å²) in [5, 5.41) is 0. The van der Waals surface area contributed by atoms with Crippen LogP contribution in [0.25, 0.3) is 22.4 Å². The second-order valence-electron chi connectivity index (χ2n) is 4.70. The molecule has 3 rings (SSSR count). The first-order valence-electron chi connectivity index (χ1n) is 6.05. The molecule has 4 heteroatoms. The molecular formula is C15H14FN3. The monoisotopic (exact) mass is 255 g/mol. The number of anilines is 1. The third kappa shape index (κ3) is 1.85. The van der Waals surface area contributed by atoms with Crippen molar-refractivity contribution in [3.63, 3.8) is 0 Å². The van der Waals surface area contributed by atoms with Gasteiger partial charge in [0.15, 0.2) is 0 Å². The van der Waals surface area contributed by atoms with Gasteiger partial charge < -0.3 is 10.3 Å². The summed E-state index contributed by atoms with van der Waals surface area (Å²) in [5.74, 6) is 0.507. The van der Waals surface area contributed by atoms with Crippen LogP contribution < -0.4 is 5.73 Å². The number of rotatable bonds is 1. The minimum Gasteiger partial charge on any atom is -0.398 e. The average molecular weight is 255 g/mol. The van der Waals surface area contributed by atoms with E-state index in [1.54, 1.807) is 6.07 Å². The van der Waals surface area contributed by atoms with Crippen LogP contribution >= 0.6 is 0 Å². The molecule has 0 atom stereocenters. The summed E-state index contributed by atoms with van der Waals surface area (Å²) in [7, 11) is 1.92. The van der Waals surface area contributed by atoms with E-state index < -0.39 is 0 Å². The highest BCUT2D eigenvalue weighted by Crippen LogP contribution is 2.26. The van der Waals surface area contributed by atoms with Crippen LogP contribution in [0.1, 0.15) is 5.56 Å². The van der Waals surface area contributed by atoms with Crippen LogP contribution in [0.4, 0.5) is 10.1 Å². The number of aryl methyl sites for hydroxylation is 2. The normalized spacial score (nSPS) is 11.1. The van der Waals surface area contributed by atoms with Gasteiger partial charge in [-0.25, -0.2) is 9.37 Å². The first-order chi connectivity index (χ1) is 9.06. The second kappa shape index (κ2) is 4.09. The average Bonchev–Trinajstić information content (AvgIpc) is 2.70. The zero-order valence-corrected chi connectivity index (χ0v) is 10.8. The topological polar surface area (TPSA) is 43.8 Å². The van der Waals surface area contributed by atoms with Crippen molar-refractivity contribution in [3.8, 4) is 11.4 Å². The van der Waals surface area contributed by atoms with Gasteiger partial charge in [0, 0.05) is 24.4 Å². The Morgan fingerprint density at radius 2 is 1.95 bits per heavy atom. The SMILES string of the molecule is Cc1ccc(-c2nc3cc(F)ccc3n2C)cc1N. The van der Waals surface area contributed by atoms with Crippen molar-refractivity contribution < 1.29 is 4.39 Å². The molecule has 2 N–H and O–H groups in total. The third-order valence-electron chi connectivity index (χ3n) is 3.38. The fraction of sp³-hybridized carbons (Fsp3) is 0.133. The summed E-state index contributed by atoms with van der Waals surface area (Å²) in [4.78, 5) is 4.48. The molecule has 0 fully saturated rings. The molecule has 3 aromatic rings. The van der Waals surface area contributed by atoms with Crippen molar-refractivity contribution in [2.75, 3.05) is 5.73 Å². The van der Waals surface area contributed by atoms with Gasteiger partial charge in [-0.1, -0.05) is 12.1 Å². The molecule has 1 aromatic heterocycles. The predicted octanol–water partition coefficient (Wildman–Crippen LogP) is 3.27. The Morgan fingerprint density at radius 3 is 2.68 bits per heavy atom. The smallest absolute Gasteiger partial charge is 0.140 e. The van der Waals surface area contributed by atoms with Crippen LogP contribution in [0.2, 0.25) is 0 Å². The van der Waals surface area contributed by atoms with E-state index >= 15 is 0 Å². The summed E-state index contributed by atoms with van der Waals surface area (Å²) in [6.07, 6.45) is 0. The van der Waals surface area contributed by atoms with Crippen LogP contribution in [-0.2, 0) is 7.05 Å². The van der Waals surface area contributed by atoms with Crippen LogP contribution in [0.15, 0.2) is 36.4 Å². The molecule has 0 saturated carbocycles. The van der Waals surface area contributed by atoms with Crippen LogP contribution in [0.5, 0.6) is 0 Å². The predicted molar refractivity (Wildman–Crippen MR) is 75.3 cm³/mol. The number of halogens is 1. The summed E-state index contributed by atoms with van der Waals surface area (Å²) in [5.41, 5.74) is 10.2. The molecule has 0 unspecified atom stereocenters. The lowest BCUT2D eigenvalue weighted by Crippen LogP contribution is -1.95. The summed E-state index contributed by atoms with van der Waals surface area (Å²) < 4.78 is 15.2. The molecule has 0 aliphatic rings. The Hall–Kier alpha value is -2.36. The van der Waals surface area contributed by atoms with E-state index in [0.29, 0.717) is 5.52 Å². The van der Waals surface area contributed by atoms with Crippen LogP contribution in [0.3, 0.4) is 0 Å². The number of nitrogen functional groups attached to an aromatic ring is 1. The highest BCUT2D eigenvalue weighted by Gasteiger charge is 2.11. The Morgan fingerprint density at radius 1 is 1.16 bits per heavy atom. The maximum atomic E-state index is 13.2. The van der Waals surface area contributed by atoms with Gasteiger partial charge in [0.05, 0.1) is 11.0 Å². The number of benzene rings is 2. The van der Waals surface area contributed by atoms with E-state index in [1.165, 1.54) is 12.1 Å². The largest absolute Gasteiger partial charge is 0.398 e. The maximum Gasteiger partial charge on any atom is 0.140 e. The van der Waals surface area contributed by atoms with Crippen molar-refractivity contribution >= 4 is 16.7 Å². The maximum absolute atomic E-state index is 13.2. The fourth-order valence-electron chi connectivity index (χ4n) is 2.21. The third-order valence-corrected chi connectivity index (χ3v) is 3.38. The second-order valence-corrected chi connectivity index (χ2v) is 4.70. The van der Waals surface area contributed by atoms with Gasteiger partial charge in [0.2, 0.25) is 0 Å². The molecule has 96 valence electrons. The quantitative estimate of drug-likeness (QED) is 0.678. The first kappa shape index (κ1) is 11.7. The van der Waals surface area contributed by atoms with Gasteiger partial charge in [-0.2, -0.15) is 0 Å². The minimum absolute atomic E-state index is 0.277. The molecule has 0 radical (unpaired) electrons. The number of aromatic nitrogens is 2. The molecule has 0 amide bonds. The first-order valence-corrected chi connectivity index (χ1v) is 6.05. The van der Waals surface area contributed by atoms with Gasteiger partial charge in [-0.05, 0) is 30.7 Å². The minimum atomic E-state index is -0.277. The molecule has 3 nitrogen and oxygen atoms in total. The van der Waals surface area contributed by atoms with Gasteiger partial charge in [-0.3, -0.25) is 0 Å². The van der Waals surface area contributed by atoms with Gasteiger partial charge >= 0.3 is 0 Å². The van der Waals surface area contributed by atoms with Crippen LogP contribution in [0, 0.1) is 12.7 Å². The zero-order valence-electron chi connectivity index (χ0n) is 10.8. The number of nitrogens with zero attached hydrogens (tertiary/aromatic N) is 2. The fourth-order valence-corrected chi connectivity index (χ4v) is 2.21. The van der Waals surface area contributed by atoms with E-state index in [-0.39, 0.29) is 5.82 Å². The van der Waals surface area contributed by atoms with Crippen molar-refractivity contribution in [2.45, 2.75) is 6.92 Å². The molecule has 0 bridgehead atoms. The van der Waals surface area contributed by atoms with E-state index in [2.05, 4.69) is 4.98 Å². The lowest BCUT2D eigenvalue weighted by atomic mass is 10.1. The van der Waals surface area contributed by atoms with E-state index in [9.17, 15) is 4.39 Å². The molecular weight excluding hydrogens is 241 g/mol. The van der Waals surface area contributed by atoms with Gasteiger partial charge in [0.25, 0.3) is 0 Å². The van der Waals surface area contributed by atoms with Crippen molar-refractivity contribution in [1.82, 2.24) is 9.55 Å². The number of hydrogen-bond donors (Lipinski definition) is 1. The summed E-state index contributed by atoms with van der Waals surface area (Å²) in [6, 6.07) is 10.5. The Labute approximate surface area is 110 Å². The Balaban J connectivity index is 2.24. The lowest BCUT2D eigenvalue weighted by molar-refractivity contribution is 0.629. The Kier molecular flexibility index (Phi) is 2.52. The lowest BCUT2D eigenvalue weighted by Gasteiger charge is -2.05. The van der Waals surface area contributed by atoms with E-state index in [1.807, 2.05) is 36.7 Å². The van der Waals surface area contributed by atoms with E-state index in [4.69, 9.17) is 5.73 Å². The molecule has 0 aliphatic heterocycles. The number of nitrogens with two attached hydrogens (primary N) is 1. The van der Waals surface area contributed by atoms with Gasteiger partial charge in [0.1, 0.15) is 11.6 Å². The molecule has 1 heterocycles. The summed E-state index contributed by atoms with van der Waals surface area (Å²) >= 11 is 0. The molecule has 2 aromatic carbocycles. The number of fused-ring (bicyclic) bond motifs is 1. The standard InChI is InChI=1S/C15H14FN3/c1-9-3-4-10(7-12(9)17)15-18-13-8-11(16)5-6-14(13)19(15)2/h3-8H,17H2,1-2H3. The number of imidazole rings is 1. The Bertz CT molecular complexity index is 774. The van der Waals surface area contributed by atoms with E-state index in [0.717, 1.165) is 28.2 Å². The van der Waals surface area contributed by atoms with Gasteiger partial charge in [-0.15, -0.1) is 0 Å².